The van der Waals surface area contributed by atoms with Crippen molar-refractivity contribution in [2.24, 2.45) is 0 Å². The van der Waals surface area contributed by atoms with Crippen LogP contribution in [0, 0.1) is 0 Å². The molecular weight excluding hydrogens is 236 g/mol. The number of ether oxygens (including phenoxy) is 1. The Morgan fingerprint density at radius 3 is 2.58 bits per heavy atom. The Balaban J connectivity index is 1.60. The monoisotopic (exact) mass is 260 g/mol. The molecule has 3 atom stereocenters. The van der Waals surface area contributed by atoms with E-state index in [2.05, 4.69) is 48.3 Å². The second-order valence-electron chi connectivity index (χ2n) is 6.03. The zero-order valence-electron chi connectivity index (χ0n) is 11.9. The van der Waals surface area contributed by atoms with Crippen LogP contribution >= 0.6 is 0 Å². The van der Waals surface area contributed by atoms with Gasteiger partial charge in [0.2, 0.25) is 0 Å². The van der Waals surface area contributed by atoms with Crippen LogP contribution in [0.4, 0.5) is 0 Å². The van der Waals surface area contributed by atoms with Gasteiger partial charge in [-0.05, 0) is 31.4 Å². The number of benzene rings is 1. The molecular formula is C16H24N2O. The van der Waals surface area contributed by atoms with E-state index in [1.54, 1.807) is 0 Å². The second kappa shape index (κ2) is 5.61. The smallest absolute Gasteiger partial charge is 0.0678 e. The highest BCUT2D eigenvalue weighted by Gasteiger charge is 2.26. The number of hydrogen-bond acceptors (Lipinski definition) is 3. The van der Waals surface area contributed by atoms with Crippen LogP contribution in [-0.2, 0) is 17.7 Å². The van der Waals surface area contributed by atoms with E-state index in [0.717, 1.165) is 32.6 Å². The van der Waals surface area contributed by atoms with Crippen LogP contribution in [0.5, 0.6) is 0 Å². The molecule has 2 heterocycles. The standard InChI is InChI=1S/C16H24N2O/c1-12-9-18(10-13(2)19-12)11-16-7-14-5-3-4-6-15(14)8-17-16/h3-6,12-13,16-17H,7-11H2,1-2H3/t12-,13+,16?. The fourth-order valence-electron chi connectivity index (χ4n) is 3.40. The maximum atomic E-state index is 5.80. The molecule has 0 aliphatic carbocycles. The van der Waals surface area contributed by atoms with Gasteiger partial charge in [0.25, 0.3) is 0 Å². The quantitative estimate of drug-likeness (QED) is 0.878. The maximum Gasteiger partial charge on any atom is 0.0678 e. The normalized spacial score (nSPS) is 32.0. The van der Waals surface area contributed by atoms with Gasteiger partial charge in [-0.1, -0.05) is 24.3 Å². The van der Waals surface area contributed by atoms with Crippen LogP contribution in [-0.4, -0.2) is 42.8 Å². The lowest BCUT2D eigenvalue weighted by Crippen LogP contribution is -2.51. The zero-order valence-corrected chi connectivity index (χ0v) is 11.9. The molecule has 1 fully saturated rings. The Bertz CT molecular complexity index is 425. The number of fused-ring (bicyclic) bond motifs is 1. The highest BCUT2D eigenvalue weighted by molar-refractivity contribution is 5.29. The van der Waals surface area contributed by atoms with E-state index in [-0.39, 0.29) is 0 Å². The van der Waals surface area contributed by atoms with Gasteiger partial charge >= 0.3 is 0 Å². The number of nitrogens with zero attached hydrogens (tertiary/aromatic N) is 1. The van der Waals surface area contributed by atoms with Crippen molar-refractivity contribution in [1.82, 2.24) is 10.2 Å². The first-order chi connectivity index (χ1) is 9.20. The van der Waals surface area contributed by atoms with E-state index in [9.17, 15) is 0 Å². The number of hydrogen-bond donors (Lipinski definition) is 1. The van der Waals surface area contributed by atoms with Crippen molar-refractivity contribution >= 4 is 0 Å². The molecule has 0 bridgehead atoms. The highest BCUT2D eigenvalue weighted by Crippen LogP contribution is 2.18. The molecule has 0 radical (unpaired) electrons. The Hall–Kier alpha value is -0.900. The Morgan fingerprint density at radius 1 is 1.16 bits per heavy atom. The van der Waals surface area contributed by atoms with Crippen molar-refractivity contribution in [3.8, 4) is 0 Å². The molecule has 0 spiro atoms. The fraction of sp³-hybridized carbons (Fsp3) is 0.625. The van der Waals surface area contributed by atoms with Crippen LogP contribution in [0.3, 0.4) is 0 Å². The summed E-state index contributed by atoms with van der Waals surface area (Å²) >= 11 is 0. The van der Waals surface area contributed by atoms with Crippen LogP contribution in [0.25, 0.3) is 0 Å². The lowest BCUT2D eigenvalue weighted by Gasteiger charge is -2.38. The van der Waals surface area contributed by atoms with Crippen molar-refractivity contribution in [1.29, 1.82) is 0 Å². The summed E-state index contributed by atoms with van der Waals surface area (Å²) in [6, 6.07) is 9.37. The van der Waals surface area contributed by atoms with Gasteiger partial charge in [0, 0.05) is 32.2 Å². The summed E-state index contributed by atoms with van der Waals surface area (Å²) in [5, 5.41) is 3.67. The second-order valence-corrected chi connectivity index (χ2v) is 6.03. The lowest BCUT2D eigenvalue weighted by atomic mass is 9.95. The molecule has 0 saturated carbocycles. The predicted molar refractivity (Wildman–Crippen MR) is 77.2 cm³/mol. The van der Waals surface area contributed by atoms with Gasteiger partial charge in [-0.25, -0.2) is 0 Å². The first-order valence-corrected chi connectivity index (χ1v) is 7.38. The van der Waals surface area contributed by atoms with E-state index in [1.165, 1.54) is 11.1 Å². The SMILES string of the molecule is C[C@@H]1CN(CC2Cc3ccccc3CN2)C[C@H](C)O1. The van der Waals surface area contributed by atoms with Gasteiger partial charge in [-0.2, -0.15) is 0 Å². The zero-order chi connectivity index (χ0) is 13.2. The summed E-state index contributed by atoms with van der Waals surface area (Å²) in [5.41, 5.74) is 2.98. The van der Waals surface area contributed by atoms with Crippen molar-refractivity contribution in [2.45, 2.75) is 45.1 Å². The third kappa shape index (κ3) is 3.16. The lowest BCUT2D eigenvalue weighted by molar-refractivity contribution is -0.0700. The van der Waals surface area contributed by atoms with Crippen LogP contribution in [0.2, 0.25) is 0 Å². The van der Waals surface area contributed by atoms with Crippen molar-refractivity contribution in [3.05, 3.63) is 35.4 Å². The molecule has 1 aromatic rings. The van der Waals surface area contributed by atoms with Gasteiger partial charge in [0.1, 0.15) is 0 Å². The average Bonchev–Trinajstić information content (AvgIpc) is 2.37. The van der Waals surface area contributed by atoms with Crippen LogP contribution in [0.15, 0.2) is 24.3 Å². The Kier molecular flexibility index (Phi) is 3.87. The van der Waals surface area contributed by atoms with Gasteiger partial charge < -0.3 is 10.1 Å². The largest absolute Gasteiger partial charge is 0.373 e. The van der Waals surface area contributed by atoms with Gasteiger partial charge in [0.05, 0.1) is 12.2 Å². The molecule has 1 saturated heterocycles. The summed E-state index contributed by atoms with van der Waals surface area (Å²) in [5.74, 6) is 0. The molecule has 1 unspecified atom stereocenters. The fourth-order valence-corrected chi connectivity index (χ4v) is 3.40. The van der Waals surface area contributed by atoms with Crippen LogP contribution < -0.4 is 5.32 Å². The highest BCUT2D eigenvalue weighted by atomic mass is 16.5. The molecule has 3 heteroatoms. The molecule has 0 amide bonds. The van der Waals surface area contributed by atoms with E-state index in [1.807, 2.05) is 0 Å². The van der Waals surface area contributed by atoms with Gasteiger partial charge in [-0.3, -0.25) is 4.90 Å². The number of rotatable bonds is 2. The van der Waals surface area contributed by atoms with Crippen molar-refractivity contribution in [3.63, 3.8) is 0 Å². The average molecular weight is 260 g/mol. The first-order valence-electron chi connectivity index (χ1n) is 7.38. The molecule has 1 N–H and O–H groups in total. The number of nitrogens with one attached hydrogen (secondary N) is 1. The molecule has 3 rings (SSSR count). The topological polar surface area (TPSA) is 24.5 Å². The molecule has 104 valence electrons. The summed E-state index contributed by atoms with van der Waals surface area (Å²) in [6.07, 6.45) is 1.87. The van der Waals surface area contributed by atoms with E-state index in [0.29, 0.717) is 18.2 Å². The van der Waals surface area contributed by atoms with E-state index in [4.69, 9.17) is 4.74 Å². The molecule has 0 aromatic heterocycles. The Morgan fingerprint density at radius 2 is 1.84 bits per heavy atom. The summed E-state index contributed by atoms with van der Waals surface area (Å²) in [4.78, 5) is 2.55. The minimum atomic E-state index is 0.361. The van der Waals surface area contributed by atoms with Crippen molar-refractivity contribution in [2.75, 3.05) is 19.6 Å². The van der Waals surface area contributed by atoms with Crippen molar-refractivity contribution < 1.29 is 4.74 Å². The molecule has 2 aliphatic heterocycles. The summed E-state index contributed by atoms with van der Waals surface area (Å²) < 4.78 is 5.80. The van der Waals surface area contributed by atoms with E-state index >= 15 is 0 Å². The third-order valence-corrected chi connectivity index (χ3v) is 4.14. The molecule has 2 aliphatic rings. The van der Waals surface area contributed by atoms with Gasteiger partial charge in [-0.15, -0.1) is 0 Å². The van der Waals surface area contributed by atoms with Gasteiger partial charge in [0.15, 0.2) is 0 Å². The minimum Gasteiger partial charge on any atom is -0.373 e. The number of morpholine rings is 1. The third-order valence-electron chi connectivity index (χ3n) is 4.14. The first kappa shape index (κ1) is 13.1. The van der Waals surface area contributed by atoms with Crippen LogP contribution in [0.1, 0.15) is 25.0 Å². The van der Waals surface area contributed by atoms with E-state index < -0.39 is 0 Å². The molecule has 3 nitrogen and oxygen atoms in total. The Labute approximate surface area is 115 Å². The summed E-state index contributed by atoms with van der Waals surface area (Å²) in [6.45, 7) is 8.61. The summed E-state index contributed by atoms with van der Waals surface area (Å²) in [7, 11) is 0. The molecule has 19 heavy (non-hydrogen) atoms. The molecule has 1 aromatic carbocycles. The maximum absolute atomic E-state index is 5.80. The predicted octanol–water partition coefficient (Wildman–Crippen LogP) is 1.81. The minimum absolute atomic E-state index is 0.361.